The van der Waals surface area contributed by atoms with Crippen LogP contribution in [0.15, 0.2) is 12.1 Å². The van der Waals surface area contributed by atoms with Crippen molar-refractivity contribution in [1.29, 1.82) is 5.26 Å². The maximum Gasteiger partial charge on any atom is 0.335 e. The molecule has 3 N–H and O–H groups in total. The van der Waals surface area contributed by atoms with Gasteiger partial charge in [-0.1, -0.05) is 0 Å². The third-order valence-corrected chi connectivity index (χ3v) is 2.15. The first-order valence-corrected chi connectivity index (χ1v) is 4.07. The van der Waals surface area contributed by atoms with Gasteiger partial charge < -0.3 is 10.8 Å². The molecule has 0 aliphatic rings. The van der Waals surface area contributed by atoms with Crippen molar-refractivity contribution >= 4 is 5.97 Å². The number of carboxylic acids is 1. The molecular formula is C10H10N2O2. The zero-order chi connectivity index (χ0) is 10.7. The van der Waals surface area contributed by atoms with Gasteiger partial charge in [0.1, 0.15) is 0 Å². The second-order valence-electron chi connectivity index (χ2n) is 2.89. The number of nitrogens with two attached hydrogens (primary N) is 1. The fraction of sp³-hybridized carbons (Fsp3) is 0.200. The molecule has 0 aliphatic heterocycles. The minimum atomic E-state index is -0.998. The Hall–Kier alpha value is -1.86. The molecule has 4 nitrogen and oxygen atoms in total. The molecule has 1 aromatic rings. The number of rotatable bonds is 2. The molecule has 0 atom stereocenters. The van der Waals surface area contributed by atoms with Gasteiger partial charge in [0.25, 0.3) is 0 Å². The Morgan fingerprint density at radius 3 is 2.71 bits per heavy atom. The van der Waals surface area contributed by atoms with Gasteiger partial charge in [0.2, 0.25) is 0 Å². The van der Waals surface area contributed by atoms with Crippen LogP contribution in [-0.4, -0.2) is 11.1 Å². The number of nitrogens with zero attached hydrogens (tertiary/aromatic N) is 1. The molecule has 0 fully saturated rings. The second-order valence-corrected chi connectivity index (χ2v) is 2.89. The van der Waals surface area contributed by atoms with E-state index < -0.39 is 5.97 Å². The summed E-state index contributed by atoms with van der Waals surface area (Å²) < 4.78 is 0. The summed E-state index contributed by atoms with van der Waals surface area (Å²) >= 11 is 0. The number of carboxylic acid groups (broad SMARTS) is 1. The lowest BCUT2D eigenvalue weighted by Crippen LogP contribution is -2.08. The van der Waals surface area contributed by atoms with Crippen LogP contribution in [0.4, 0.5) is 0 Å². The summed E-state index contributed by atoms with van der Waals surface area (Å²) in [5, 5.41) is 17.6. The van der Waals surface area contributed by atoms with Crippen molar-refractivity contribution in [3.8, 4) is 6.07 Å². The normalized spacial score (nSPS) is 9.50. The number of hydrogen-bond donors (Lipinski definition) is 2. The summed E-state index contributed by atoms with van der Waals surface area (Å²) in [6.07, 6.45) is 0. The van der Waals surface area contributed by atoms with Gasteiger partial charge >= 0.3 is 5.97 Å². The summed E-state index contributed by atoms with van der Waals surface area (Å²) in [4.78, 5) is 10.8. The minimum absolute atomic E-state index is 0.176. The smallest absolute Gasteiger partial charge is 0.335 e. The minimum Gasteiger partial charge on any atom is -0.478 e. The van der Waals surface area contributed by atoms with Gasteiger partial charge in [-0.3, -0.25) is 0 Å². The van der Waals surface area contributed by atoms with Crippen LogP contribution in [-0.2, 0) is 6.54 Å². The lowest BCUT2D eigenvalue weighted by Gasteiger charge is -2.08. The molecular weight excluding hydrogens is 180 g/mol. The van der Waals surface area contributed by atoms with Crippen LogP contribution in [0.1, 0.15) is 27.0 Å². The number of hydrogen-bond acceptors (Lipinski definition) is 3. The highest BCUT2D eigenvalue weighted by atomic mass is 16.4. The standard InChI is InChI=1S/C10H10N2O2/c1-6-8(10(13)14)3-2-7(4-11)9(6)5-12/h2-3H,5,12H2,1H3,(H,13,14). The monoisotopic (exact) mass is 190 g/mol. The number of carbonyl (C=O) groups is 1. The Bertz CT molecular complexity index is 419. The molecule has 14 heavy (non-hydrogen) atoms. The fourth-order valence-corrected chi connectivity index (χ4v) is 1.36. The predicted molar refractivity (Wildman–Crippen MR) is 50.7 cm³/mol. The molecule has 0 spiro atoms. The average molecular weight is 190 g/mol. The molecule has 1 aromatic carbocycles. The van der Waals surface area contributed by atoms with E-state index in [9.17, 15) is 4.79 Å². The van der Waals surface area contributed by atoms with Gasteiger partial charge in [-0.15, -0.1) is 0 Å². The van der Waals surface area contributed by atoms with Crippen LogP contribution in [0.5, 0.6) is 0 Å². The molecule has 0 amide bonds. The van der Waals surface area contributed by atoms with Crippen molar-refractivity contribution in [2.24, 2.45) is 5.73 Å². The van der Waals surface area contributed by atoms with Crippen LogP contribution in [0.3, 0.4) is 0 Å². The van der Waals surface area contributed by atoms with Gasteiger partial charge in [0.05, 0.1) is 17.2 Å². The molecule has 0 aromatic heterocycles. The zero-order valence-electron chi connectivity index (χ0n) is 7.74. The molecule has 0 radical (unpaired) electrons. The summed E-state index contributed by atoms with van der Waals surface area (Å²) in [7, 11) is 0. The third-order valence-electron chi connectivity index (χ3n) is 2.15. The highest BCUT2D eigenvalue weighted by Crippen LogP contribution is 2.17. The van der Waals surface area contributed by atoms with Crippen molar-refractivity contribution < 1.29 is 9.90 Å². The average Bonchev–Trinajstić information content (AvgIpc) is 2.16. The molecule has 0 heterocycles. The van der Waals surface area contributed by atoms with E-state index >= 15 is 0 Å². The van der Waals surface area contributed by atoms with E-state index in [0.717, 1.165) is 0 Å². The second kappa shape index (κ2) is 3.90. The fourth-order valence-electron chi connectivity index (χ4n) is 1.36. The first-order chi connectivity index (χ1) is 6.61. The Morgan fingerprint density at radius 1 is 1.64 bits per heavy atom. The molecule has 0 aliphatic carbocycles. The van der Waals surface area contributed by atoms with Gasteiger partial charge in [-0.2, -0.15) is 5.26 Å². The summed E-state index contributed by atoms with van der Waals surface area (Å²) in [6, 6.07) is 4.89. The molecule has 1 rings (SSSR count). The lowest BCUT2D eigenvalue weighted by atomic mass is 9.97. The Kier molecular flexibility index (Phi) is 2.85. The number of aromatic carboxylic acids is 1. The molecule has 72 valence electrons. The van der Waals surface area contributed by atoms with Gasteiger partial charge in [0, 0.05) is 6.54 Å². The highest BCUT2D eigenvalue weighted by Gasteiger charge is 2.12. The first kappa shape index (κ1) is 10.2. The summed E-state index contributed by atoms with van der Waals surface area (Å²) in [5.74, 6) is -0.998. The van der Waals surface area contributed by atoms with Crippen molar-refractivity contribution in [3.05, 3.63) is 34.4 Å². The lowest BCUT2D eigenvalue weighted by molar-refractivity contribution is 0.0696. The van der Waals surface area contributed by atoms with Crippen molar-refractivity contribution in [2.75, 3.05) is 0 Å². The van der Waals surface area contributed by atoms with Crippen molar-refractivity contribution in [3.63, 3.8) is 0 Å². The van der Waals surface area contributed by atoms with Crippen molar-refractivity contribution in [1.82, 2.24) is 0 Å². The first-order valence-electron chi connectivity index (χ1n) is 4.07. The van der Waals surface area contributed by atoms with E-state index in [1.54, 1.807) is 6.92 Å². The Labute approximate surface area is 81.6 Å². The maximum atomic E-state index is 10.8. The van der Waals surface area contributed by atoms with E-state index in [-0.39, 0.29) is 12.1 Å². The SMILES string of the molecule is Cc1c(C(=O)O)ccc(C#N)c1CN. The van der Waals surface area contributed by atoms with Crippen LogP contribution < -0.4 is 5.73 Å². The topological polar surface area (TPSA) is 87.1 Å². The molecule has 0 unspecified atom stereocenters. The van der Waals surface area contributed by atoms with Gasteiger partial charge in [-0.25, -0.2) is 4.79 Å². The van der Waals surface area contributed by atoms with E-state index in [0.29, 0.717) is 16.7 Å². The number of benzene rings is 1. The van der Waals surface area contributed by atoms with Crippen LogP contribution in [0.25, 0.3) is 0 Å². The van der Waals surface area contributed by atoms with E-state index in [4.69, 9.17) is 16.1 Å². The van der Waals surface area contributed by atoms with Crippen LogP contribution >= 0.6 is 0 Å². The molecule has 0 saturated heterocycles. The van der Waals surface area contributed by atoms with Crippen molar-refractivity contribution in [2.45, 2.75) is 13.5 Å². The quantitative estimate of drug-likeness (QED) is 0.728. The Balaban J connectivity index is 3.44. The van der Waals surface area contributed by atoms with E-state index in [1.165, 1.54) is 12.1 Å². The number of nitriles is 1. The largest absolute Gasteiger partial charge is 0.478 e. The van der Waals surface area contributed by atoms with E-state index in [2.05, 4.69) is 0 Å². The molecule has 0 bridgehead atoms. The van der Waals surface area contributed by atoms with Crippen LogP contribution in [0, 0.1) is 18.3 Å². The highest BCUT2D eigenvalue weighted by molar-refractivity contribution is 5.90. The zero-order valence-corrected chi connectivity index (χ0v) is 7.74. The predicted octanol–water partition coefficient (Wildman–Crippen LogP) is 1.02. The molecule has 0 saturated carbocycles. The van der Waals surface area contributed by atoms with Crippen LogP contribution in [0.2, 0.25) is 0 Å². The maximum absolute atomic E-state index is 10.8. The summed E-state index contributed by atoms with van der Waals surface area (Å²) in [5.41, 5.74) is 7.26. The third kappa shape index (κ3) is 1.58. The Morgan fingerprint density at radius 2 is 2.29 bits per heavy atom. The van der Waals surface area contributed by atoms with E-state index in [1.807, 2.05) is 6.07 Å². The van der Waals surface area contributed by atoms with Gasteiger partial charge in [-0.05, 0) is 30.2 Å². The molecule has 4 heteroatoms. The van der Waals surface area contributed by atoms with Gasteiger partial charge in [0.15, 0.2) is 0 Å². The summed E-state index contributed by atoms with van der Waals surface area (Å²) in [6.45, 7) is 1.84.